The molecule has 1 aliphatic heterocycles. The van der Waals surface area contributed by atoms with Crippen LogP contribution in [0.3, 0.4) is 0 Å². The van der Waals surface area contributed by atoms with E-state index in [0.717, 1.165) is 19.3 Å². The van der Waals surface area contributed by atoms with E-state index in [1.807, 2.05) is 11.8 Å². The van der Waals surface area contributed by atoms with E-state index < -0.39 is 4.92 Å². The molecule has 0 aliphatic carbocycles. The number of halogens is 1. The third kappa shape index (κ3) is 4.58. The highest BCUT2D eigenvalue weighted by Crippen LogP contribution is 2.30. The first-order chi connectivity index (χ1) is 11.4. The van der Waals surface area contributed by atoms with Crippen molar-refractivity contribution in [3.63, 3.8) is 0 Å². The molecule has 1 saturated heterocycles. The number of carbonyl (C=O) groups is 1. The third-order valence-corrected chi connectivity index (χ3v) is 4.40. The van der Waals surface area contributed by atoms with Gasteiger partial charge in [0.05, 0.1) is 18.0 Å². The fourth-order valence-corrected chi connectivity index (χ4v) is 3.13. The van der Waals surface area contributed by atoms with Crippen LogP contribution in [0.2, 0.25) is 5.02 Å². The van der Waals surface area contributed by atoms with Crippen LogP contribution < -0.4 is 10.5 Å². The Kier molecular flexibility index (Phi) is 6.39. The second-order valence-corrected chi connectivity index (χ2v) is 6.41. The molecule has 132 valence electrons. The minimum Gasteiger partial charge on any atom is -0.486 e. The Bertz CT molecular complexity index is 609. The summed E-state index contributed by atoms with van der Waals surface area (Å²) in [5, 5.41) is 11.3. The Morgan fingerprint density at radius 1 is 1.54 bits per heavy atom. The smallest absolute Gasteiger partial charge is 0.312 e. The van der Waals surface area contributed by atoms with Crippen molar-refractivity contribution in [3.05, 3.63) is 33.3 Å². The van der Waals surface area contributed by atoms with Crippen molar-refractivity contribution in [1.82, 2.24) is 4.90 Å². The number of nitrogens with zero attached hydrogens (tertiary/aromatic N) is 2. The Balaban J connectivity index is 1.94. The van der Waals surface area contributed by atoms with Crippen LogP contribution in [0.1, 0.15) is 32.6 Å². The molecule has 2 N–H and O–H groups in total. The lowest BCUT2D eigenvalue weighted by Gasteiger charge is -2.38. The Morgan fingerprint density at radius 3 is 2.96 bits per heavy atom. The van der Waals surface area contributed by atoms with Crippen LogP contribution in [0.15, 0.2) is 18.2 Å². The number of benzene rings is 1. The molecule has 1 heterocycles. The van der Waals surface area contributed by atoms with Crippen molar-refractivity contribution in [1.29, 1.82) is 0 Å². The van der Waals surface area contributed by atoms with Gasteiger partial charge in [-0.3, -0.25) is 14.9 Å². The van der Waals surface area contributed by atoms with E-state index in [4.69, 9.17) is 22.1 Å². The Labute approximate surface area is 145 Å². The van der Waals surface area contributed by atoms with Crippen molar-refractivity contribution >= 4 is 23.2 Å². The van der Waals surface area contributed by atoms with Gasteiger partial charge in [0.25, 0.3) is 0 Å². The molecule has 2 atom stereocenters. The number of likely N-dealkylation sites (tertiary alicyclic amines) is 1. The minimum atomic E-state index is -0.556. The molecular formula is C16H22ClN3O4. The van der Waals surface area contributed by atoms with Crippen LogP contribution in [0.4, 0.5) is 5.69 Å². The van der Waals surface area contributed by atoms with E-state index in [1.165, 1.54) is 18.2 Å². The molecule has 0 aromatic heterocycles. The maximum absolute atomic E-state index is 12.4. The molecule has 1 aromatic carbocycles. The number of carbonyl (C=O) groups excluding carboxylic acids is 1. The van der Waals surface area contributed by atoms with Gasteiger partial charge < -0.3 is 15.4 Å². The maximum Gasteiger partial charge on any atom is 0.312 e. The minimum absolute atomic E-state index is 0.0337. The standard InChI is InChI=1S/C16H22ClN3O4/c1-11(18)13-4-2-3-8-19(13)16(21)7-9-24-15-6-5-12(17)10-14(15)20(22)23/h5-6,10-11,13H,2-4,7-9,18H2,1H3. The molecule has 2 rings (SSSR count). The van der Waals surface area contributed by atoms with Crippen LogP contribution in [0.25, 0.3) is 0 Å². The highest BCUT2D eigenvalue weighted by atomic mass is 35.5. The summed E-state index contributed by atoms with van der Waals surface area (Å²) in [5.41, 5.74) is 5.76. The number of nitro groups is 1. The lowest BCUT2D eigenvalue weighted by atomic mass is 9.96. The molecule has 1 aromatic rings. The van der Waals surface area contributed by atoms with E-state index in [0.29, 0.717) is 6.54 Å². The van der Waals surface area contributed by atoms with E-state index >= 15 is 0 Å². The van der Waals surface area contributed by atoms with Crippen LogP contribution >= 0.6 is 11.6 Å². The number of amides is 1. The average molecular weight is 356 g/mol. The largest absolute Gasteiger partial charge is 0.486 e. The van der Waals surface area contributed by atoms with Gasteiger partial charge in [-0.25, -0.2) is 0 Å². The zero-order valence-electron chi connectivity index (χ0n) is 13.6. The average Bonchev–Trinajstić information content (AvgIpc) is 2.55. The van der Waals surface area contributed by atoms with Gasteiger partial charge in [0.2, 0.25) is 5.91 Å². The molecule has 24 heavy (non-hydrogen) atoms. The quantitative estimate of drug-likeness (QED) is 0.624. The predicted molar refractivity (Wildman–Crippen MR) is 91.2 cm³/mol. The van der Waals surface area contributed by atoms with Gasteiger partial charge in [-0.15, -0.1) is 0 Å². The van der Waals surface area contributed by atoms with Crippen molar-refractivity contribution in [3.8, 4) is 5.75 Å². The zero-order valence-corrected chi connectivity index (χ0v) is 14.4. The molecular weight excluding hydrogens is 334 g/mol. The Hall–Kier alpha value is -1.86. The second kappa shape index (κ2) is 8.30. The number of hydrogen-bond donors (Lipinski definition) is 1. The molecule has 0 bridgehead atoms. The topological polar surface area (TPSA) is 98.7 Å². The highest BCUT2D eigenvalue weighted by molar-refractivity contribution is 6.30. The number of nitro benzene ring substituents is 1. The van der Waals surface area contributed by atoms with Crippen molar-refractivity contribution < 1.29 is 14.5 Å². The summed E-state index contributed by atoms with van der Waals surface area (Å²) in [6.45, 7) is 2.68. The van der Waals surface area contributed by atoms with Gasteiger partial charge in [0.15, 0.2) is 5.75 Å². The SMILES string of the molecule is CC(N)C1CCCCN1C(=O)CCOc1ccc(Cl)cc1[N+](=O)[O-]. The molecule has 0 spiro atoms. The van der Waals surface area contributed by atoms with Crippen LogP contribution in [-0.2, 0) is 4.79 Å². The van der Waals surface area contributed by atoms with Gasteiger partial charge in [-0.05, 0) is 38.3 Å². The summed E-state index contributed by atoms with van der Waals surface area (Å²) in [4.78, 5) is 24.7. The fourth-order valence-electron chi connectivity index (χ4n) is 2.96. The molecule has 8 heteroatoms. The summed E-state index contributed by atoms with van der Waals surface area (Å²) >= 11 is 5.76. The van der Waals surface area contributed by atoms with E-state index in [2.05, 4.69) is 0 Å². The molecule has 1 amide bonds. The third-order valence-electron chi connectivity index (χ3n) is 4.17. The van der Waals surface area contributed by atoms with E-state index in [1.54, 1.807) is 0 Å². The first kappa shape index (κ1) is 18.5. The molecule has 1 fully saturated rings. The van der Waals surface area contributed by atoms with Crippen molar-refractivity contribution in [2.75, 3.05) is 13.2 Å². The fraction of sp³-hybridized carbons (Fsp3) is 0.562. The first-order valence-corrected chi connectivity index (χ1v) is 8.39. The van der Waals surface area contributed by atoms with E-state index in [9.17, 15) is 14.9 Å². The van der Waals surface area contributed by atoms with Gasteiger partial charge >= 0.3 is 5.69 Å². The summed E-state index contributed by atoms with van der Waals surface area (Å²) in [6, 6.07) is 4.16. The number of ether oxygens (including phenoxy) is 1. The van der Waals surface area contributed by atoms with Gasteiger partial charge in [-0.1, -0.05) is 11.6 Å². The Morgan fingerprint density at radius 2 is 2.29 bits per heavy atom. The molecule has 0 saturated carbocycles. The second-order valence-electron chi connectivity index (χ2n) is 5.98. The summed E-state index contributed by atoms with van der Waals surface area (Å²) in [7, 11) is 0. The summed E-state index contributed by atoms with van der Waals surface area (Å²) < 4.78 is 5.43. The number of nitrogens with two attached hydrogens (primary N) is 1. The summed E-state index contributed by atoms with van der Waals surface area (Å²) in [5.74, 6) is 0.0770. The predicted octanol–water partition coefficient (Wildman–Crippen LogP) is 2.75. The number of piperidine rings is 1. The lowest BCUT2D eigenvalue weighted by molar-refractivity contribution is -0.385. The molecule has 2 unspecified atom stereocenters. The van der Waals surface area contributed by atoms with Crippen LogP contribution in [0, 0.1) is 10.1 Å². The van der Waals surface area contributed by atoms with Crippen LogP contribution in [0.5, 0.6) is 5.75 Å². The lowest BCUT2D eigenvalue weighted by Crippen LogP contribution is -2.51. The normalized spacial score (nSPS) is 19.0. The summed E-state index contributed by atoms with van der Waals surface area (Å²) in [6.07, 6.45) is 3.11. The zero-order chi connectivity index (χ0) is 17.7. The number of hydrogen-bond acceptors (Lipinski definition) is 5. The molecule has 0 radical (unpaired) electrons. The van der Waals surface area contributed by atoms with Crippen LogP contribution in [-0.4, -0.2) is 41.0 Å². The molecule has 7 nitrogen and oxygen atoms in total. The highest BCUT2D eigenvalue weighted by Gasteiger charge is 2.29. The van der Waals surface area contributed by atoms with Crippen molar-refractivity contribution in [2.45, 2.75) is 44.7 Å². The van der Waals surface area contributed by atoms with Gasteiger partial charge in [-0.2, -0.15) is 0 Å². The van der Waals surface area contributed by atoms with Gasteiger partial charge in [0.1, 0.15) is 0 Å². The maximum atomic E-state index is 12.4. The van der Waals surface area contributed by atoms with Gasteiger partial charge in [0, 0.05) is 29.7 Å². The molecule has 1 aliphatic rings. The van der Waals surface area contributed by atoms with E-state index in [-0.39, 0.29) is 47.5 Å². The first-order valence-electron chi connectivity index (χ1n) is 8.02. The van der Waals surface area contributed by atoms with Crippen molar-refractivity contribution in [2.24, 2.45) is 5.73 Å². The monoisotopic (exact) mass is 355 g/mol. The number of rotatable bonds is 6.